The Balaban J connectivity index is 1.40. The molecule has 10 heteroatoms. The van der Waals surface area contributed by atoms with Crippen LogP contribution in [-0.2, 0) is 9.53 Å². The van der Waals surface area contributed by atoms with Crippen molar-refractivity contribution in [3.8, 4) is 5.82 Å². The van der Waals surface area contributed by atoms with E-state index in [0.717, 1.165) is 31.1 Å². The summed E-state index contributed by atoms with van der Waals surface area (Å²) in [6.07, 6.45) is 9.97. The van der Waals surface area contributed by atoms with E-state index in [4.69, 9.17) is 4.74 Å². The van der Waals surface area contributed by atoms with Crippen LogP contribution in [-0.4, -0.2) is 74.3 Å². The molecule has 0 aromatic carbocycles. The fourth-order valence-electron chi connectivity index (χ4n) is 3.57. The number of aromatic amines is 1. The summed E-state index contributed by atoms with van der Waals surface area (Å²) in [7, 11) is 3.43. The van der Waals surface area contributed by atoms with Crippen molar-refractivity contribution in [2.24, 2.45) is 0 Å². The summed E-state index contributed by atoms with van der Waals surface area (Å²) >= 11 is 0. The maximum Gasteiger partial charge on any atom is 0.272 e. The predicted molar refractivity (Wildman–Crippen MR) is 109 cm³/mol. The van der Waals surface area contributed by atoms with Gasteiger partial charge in [-0.25, -0.2) is 9.97 Å². The predicted octanol–water partition coefficient (Wildman–Crippen LogP) is 1.29. The Bertz CT molecular complexity index is 1020. The fraction of sp³-hybridized carbons (Fsp3) is 0.450. The zero-order valence-corrected chi connectivity index (χ0v) is 17.0. The second-order valence-corrected chi connectivity index (χ2v) is 7.68. The third kappa shape index (κ3) is 4.33. The molecule has 0 spiro atoms. The van der Waals surface area contributed by atoms with Gasteiger partial charge in [-0.1, -0.05) is 0 Å². The number of carbonyl (C=O) groups excluding carboxylic acids is 2. The van der Waals surface area contributed by atoms with Crippen molar-refractivity contribution >= 4 is 22.7 Å². The summed E-state index contributed by atoms with van der Waals surface area (Å²) in [5.41, 5.74) is 0.916. The van der Waals surface area contributed by atoms with Crippen LogP contribution in [0.25, 0.3) is 16.7 Å². The van der Waals surface area contributed by atoms with E-state index in [-0.39, 0.29) is 30.6 Å². The molecule has 3 heterocycles. The number of pyridine rings is 1. The number of nitrogens with one attached hydrogen (secondary N) is 2. The number of rotatable bonds is 6. The summed E-state index contributed by atoms with van der Waals surface area (Å²) in [6, 6.07) is 1.90. The lowest BCUT2D eigenvalue weighted by molar-refractivity contribution is -0.136. The number of carbonyl (C=O) groups is 2. The summed E-state index contributed by atoms with van der Waals surface area (Å²) in [4.78, 5) is 34.8. The molecule has 1 saturated carbocycles. The Kier molecular flexibility index (Phi) is 5.75. The summed E-state index contributed by atoms with van der Waals surface area (Å²) < 4.78 is 7.46. The van der Waals surface area contributed by atoms with Crippen LogP contribution in [0.4, 0.5) is 0 Å². The number of hydrogen-bond donors (Lipinski definition) is 2. The zero-order chi connectivity index (χ0) is 21.1. The number of H-pyrrole nitrogens is 1. The van der Waals surface area contributed by atoms with Gasteiger partial charge in [0, 0.05) is 37.9 Å². The van der Waals surface area contributed by atoms with Gasteiger partial charge in [-0.05, 0) is 31.7 Å². The molecule has 1 aliphatic carbocycles. The zero-order valence-electron chi connectivity index (χ0n) is 17.0. The standard InChI is InChI=1S/C20H25N7O3/c1-26(2)17(28)11-30-15-5-3-14(4-6-15)23-20(29)19-18-13(10-22-25-18)9-16(24-19)27-8-7-21-12-27/h7-10,12,14-15H,3-6,11H2,1-2H3,(H,22,25)(H,23,29). The Hall–Kier alpha value is -3.27. The molecule has 2 amide bonds. The Morgan fingerprint density at radius 2 is 2.10 bits per heavy atom. The number of ether oxygens (including phenoxy) is 1. The maximum atomic E-state index is 13.0. The third-order valence-electron chi connectivity index (χ3n) is 5.35. The quantitative estimate of drug-likeness (QED) is 0.631. The molecule has 0 radical (unpaired) electrons. The number of aromatic nitrogens is 5. The van der Waals surface area contributed by atoms with Crippen LogP contribution >= 0.6 is 0 Å². The van der Waals surface area contributed by atoms with E-state index in [1.54, 1.807) is 43.6 Å². The minimum absolute atomic E-state index is 0.0403. The van der Waals surface area contributed by atoms with Crippen molar-refractivity contribution < 1.29 is 14.3 Å². The van der Waals surface area contributed by atoms with Crippen molar-refractivity contribution in [3.63, 3.8) is 0 Å². The van der Waals surface area contributed by atoms with E-state index in [2.05, 4.69) is 25.5 Å². The Labute approximate surface area is 173 Å². The van der Waals surface area contributed by atoms with Crippen LogP contribution in [0, 0.1) is 0 Å². The van der Waals surface area contributed by atoms with Crippen LogP contribution in [0.1, 0.15) is 36.2 Å². The molecule has 158 valence electrons. The molecule has 0 bridgehead atoms. The van der Waals surface area contributed by atoms with Gasteiger partial charge in [-0.3, -0.25) is 19.3 Å². The average Bonchev–Trinajstić information content (AvgIpc) is 3.43. The van der Waals surface area contributed by atoms with E-state index in [9.17, 15) is 9.59 Å². The molecule has 1 fully saturated rings. The van der Waals surface area contributed by atoms with Crippen molar-refractivity contribution in [1.82, 2.24) is 34.9 Å². The molecular formula is C20H25N7O3. The molecule has 2 N–H and O–H groups in total. The fourth-order valence-corrected chi connectivity index (χ4v) is 3.57. The van der Waals surface area contributed by atoms with Gasteiger partial charge >= 0.3 is 0 Å². The summed E-state index contributed by atoms with van der Waals surface area (Å²) in [5.74, 6) is 0.324. The van der Waals surface area contributed by atoms with Gasteiger partial charge in [0.1, 0.15) is 18.8 Å². The van der Waals surface area contributed by atoms with Gasteiger partial charge in [0.25, 0.3) is 5.91 Å². The number of hydrogen-bond acceptors (Lipinski definition) is 6. The second kappa shape index (κ2) is 8.62. The molecule has 0 saturated heterocycles. The van der Waals surface area contributed by atoms with Crippen LogP contribution in [0.2, 0.25) is 0 Å². The second-order valence-electron chi connectivity index (χ2n) is 7.68. The molecule has 0 aliphatic heterocycles. The molecule has 3 aromatic rings. The average molecular weight is 411 g/mol. The smallest absolute Gasteiger partial charge is 0.272 e. The van der Waals surface area contributed by atoms with Crippen molar-refractivity contribution in [2.75, 3.05) is 20.7 Å². The molecular weight excluding hydrogens is 386 g/mol. The SMILES string of the molecule is CN(C)C(=O)COC1CCC(NC(=O)c2nc(-n3ccnc3)cc3cn[nH]c23)CC1. The highest BCUT2D eigenvalue weighted by Gasteiger charge is 2.25. The molecule has 3 aromatic heterocycles. The maximum absolute atomic E-state index is 13.0. The molecule has 1 aliphatic rings. The highest BCUT2D eigenvalue weighted by atomic mass is 16.5. The first-order valence-corrected chi connectivity index (χ1v) is 9.96. The highest BCUT2D eigenvalue weighted by molar-refractivity contribution is 6.04. The van der Waals surface area contributed by atoms with E-state index >= 15 is 0 Å². The molecule has 10 nitrogen and oxygen atoms in total. The normalized spacial score (nSPS) is 19.0. The number of fused-ring (bicyclic) bond motifs is 1. The van der Waals surface area contributed by atoms with Gasteiger partial charge in [0.2, 0.25) is 5.91 Å². The van der Waals surface area contributed by atoms with E-state index in [1.165, 1.54) is 4.90 Å². The molecule has 0 unspecified atom stereocenters. The minimum Gasteiger partial charge on any atom is -0.368 e. The van der Waals surface area contributed by atoms with Gasteiger partial charge in [0.15, 0.2) is 5.69 Å². The molecule has 4 rings (SSSR count). The lowest BCUT2D eigenvalue weighted by atomic mass is 9.93. The van der Waals surface area contributed by atoms with Crippen LogP contribution in [0.3, 0.4) is 0 Å². The van der Waals surface area contributed by atoms with Gasteiger partial charge < -0.3 is 15.0 Å². The van der Waals surface area contributed by atoms with E-state index in [0.29, 0.717) is 17.0 Å². The molecule has 30 heavy (non-hydrogen) atoms. The van der Waals surface area contributed by atoms with Crippen molar-refractivity contribution in [1.29, 1.82) is 0 Å². The van der Waals surface area contributed by atoms with Crippen molar-refractivity contribution in [2.45, 2.75) is 37.8 Å². The topological polar surface area (TPSA) is 118 Å². The number of nitrogens with zero attached hydrogens (tertiary/aromatic N) is 5. The third-order valence-corrected chi connectivity index (χ3v) is 5.35. The van der Waals surface area contributed by atoms with Crippen LogP contribution < -0.4 is 5.32 Å². The number of likely N-dealkylation sites (N-methyl/N-ethyl adjacent to an activating group) is 1. The summed E-state index contributed by atoms with van der Waals surface area (Å²) in [6.45, 7) is 0.0947. The Morgan fingerprint density at radius 1 is 1.30 bits per heavy atom. The number of amides is 2. The number of imidazole rings is 1. The molecule has 0 atom stereocenters. The van der Waals surface area contributed by atoms with Crippen LogP contribution in [0.5, 0.6) is 0 Å². The first kappa shape index (κ1) is 20.0. The lowest BCUT2D eigenvalue weighted by Crippen LogP contribution is -2.40. The van der Waals surface area contributed by atoms with Gasteiger partial charge in [-0.15, -0.1) is 0 Å². The van der Waals surface area contributed by atoms with E-state index < -0.39 is 0 Å². The Morgan fingerprint density at radius 3 is 2.80 bits per heavy atom. The largest absolute Gasteiger partial charge is 0.368 e. The monoisotopic (exact) mass is 411 g/mol. The van der Waals surface area contributed by atoms with Gasteiger partial charge in [-0.2, -0.15) is 5.10 Å². The van der Waals surface area contributed by atoms with Gasteiger partial charge in [0.05, 0.1) is 17.8 Å². The van der Waals surface area contributed by atoms with Crippen LogP contribution in [0.15, 0.2) is 31.0 Å². The first-order valence-electron chi connectivity index (χ1n) is 9.96. The first-order chi connectivity index (χ1) is 14.5. The van der Waals surface area contributed by atoms with E-state index in [1.807, 2.05) is 6.07 Å². The van der Waals surface area contributed by atoms with Crippen molar-refractivity contribution in [3.05, 3.63) is 36.7 Å². The summed E-state index contributed by atoms with van der Waals surface area (Å²) in [5, 5.41) is 10.8. The lowest BCUT2D eigenvalue weighted by Gasteiger charge is -2.29. The highest BCUT2D eigenvalue weighted by Crippen LogP contribution is 2.23. The minimum atomic E-state index is -0.238.